The van der Waals surface area contributed by atoms with Crippen molar-refractivity contribution < 1.29 is 13.5 Å². The number of aliphatic hydroxyl groups is 1. The minimum Gasteiger partial charge on any atom is -0.391 e. The molecule has 1 heterocycles. The number of aliphatic hydroxyl groups excluding tert-OH is 1. The third kappa shape index (κ3) is 2.39. The summed E-state index contributed by atoms with van der Waals surface area (Å²) in [4.78, 5) is 0. The van der Waals surface area contributed by atoms with Crippen LogP contribution in [0.15, 0.2) is 0 Å². The van der Waals surface area contributed by atoms with Crippen molar-refractivity contribution in [2.45, 2.75) is 20.0 Å². The molecule has 0 spiro atoms. The van der Waals surface area contributed by atoms with Gasteiger partial charge in [-0.3, -0.25) is 0 Å². The predicted octanol–water partition coefficient (Wildman–Crippen LogP) is 0.258. The van der Waals surface area contributed by atoms with Crippen LogP contribution in [-0.4, -0.2) is 48.7 Å². The molecule has 0 amide bonds. The van der Waals surface area contributed by atoms with Crippen LogP contribution < -0.4 is 0 Å². The summed E-state index contributed by atoms with van der Waals surface area (Å²) < 4.78 is 24.5. The van der Waals surface area contributed by atoms with Gasteiger partial charge in [-0.05, 0) is 0 Å². The van der Waals surface area contributed by atoms with Crippen LogP contribution in [0.5, 0.6) is 0 Å². The molecule has 1 fully saturated rings. The predicted molar refractivity (Wildman–Crippen MR) is 55.9 cm³/mol. The lowest BCUT2D eigenvalue weighted by Gasteiger charge is -2.20. The Hall–Kier alpha value is 0.160. The van der Waals surface area contributed by atoms with E-state index in [1.807, 2.05) is 13.8 Å². The number of nitrogens with zero attached hydrogens (tertiary/aromatic N) is 1. The van der Waals surface area contributed by atoms with E-state index in [9.17, 15) is 13.5 Å². The van der Waals surface area contributed by atoms with E-state index in [0.717, 1.165) is 0 Å². The average Bonchev–Trinajstić information content (AvgIpc) is 2.27. The van der Waals surface area contributed by atoms with Gasteiger partial charge in [0.25, 0.3) is 0 Å². The number of hydrogen-bond donors (Lipinski definition) is 1. The molecule has 84 valence electrons. The average molecular weight is 242 g/mol. The fourth-order valence-corrected chi connectivity index (χ4v) is 3.44. The molecule has 0 bridgehead atoms. The van der Waals surface area contributed by atoms with Crippen molar-refractivity contribution in [3.05, 3.63) is 0 Å². The molecule has 1 atom stereocenters. The molecular formula is C8H16ClNO3S. The monoisotopic (exact) mass is 241 g/mol. The summed E-state index contributed by atoms with van der Waals surface area (Å²) >= 11 is 5.40. The van der Waals surface area contributed by atoms with Crippen LogP contribution in [0.3, 0.4) is 0 Å². The van der Waals surface area contributed by atoms with E-state index in [4.69, 9.17) is 11.6 Å². The van der Waals surface area contributed by atoms with Crippen LogP contribution in [0.1, 0.15) is 13.8 Å². The lowest BCUT2D eigenvalue weighted by molar-refractivity contribution is 0.0960. The summed E-state index contributed by atoms with van der Waals surface area (Å²) in [6.45, 7) is 4.27. The maximum absolute atomic E-state index is 11.6. The van der Waals surface area contributed by atoms with Gasteiger partial charge < -0.3 is 5.11 Å². The molecule has 0 aromatic heterocycles. The van der Waals surface area contributed by atoms with E-state index in [-0.39, 0.29) is 23.6 Å². The van der Waals surface area contributed by atoms with Gasteiger partial charge in [-0.15, -0.1) is 11.6 Å². The van der Waals surface area contributed by atoms with Gasteiger partial charge in [0.05, 0.1) is 11.9 Å². The van der Waals surface area contributed by atoms with Crippen molar-refractivity contribution in [3.63, 3.8) is 0 Å². The second kappa shape index (κ2) is 3.96. The standard InChI is InChI=1S/C8H16ClNO3S/c1-8(2)6-10(5-7(8)11)14(12,13)4-3-9/h7,11H,3-6H2,1-2H3. The highest BCUT2D eigenvalue weighted by atomic mass is 35.5. The zero-order valence-corrected chi connectivity index (χ0v) is 9.98. The van der Waals surface area contributed by atoms with Gasteiger partial charge in [0.2, 0.25) is 10.0 Å². The Balaban J connectivity index is 2.76. The van der Waals surface area contributed by atoms with Gasteiger partial charge in [-0.1, -0.05) is 13.8 Å². The first-order valence-corrected chi connectivity index (χ1v) is 6.66. The molecule has 4 nitrogen and oxygen atoms in total. The van der Waals surface area contributed by atoms with E-state index in [1.165, 1.54) is 4.31 Å². The second-order valence-corrected chi connectivity index (χ2v) is 6.77. The molecule has 0 aliphatic carbocycles. The zero-order valence-electron chi connectivity index (χ0n) is 8.40. The van der Waals surface area contributed by atoms with Crippen LogP contribution in [0, 0.1) is 5.41 Å². The van der Waals surface area contributed by atoms with Gasteiger partial charge in [0, 0.05) is 24.4 Å². The van der Waals surface area contributed by atoms with Crippen LogP contribution in [0.25, 0.3) is 0 Å². The summed E-state index contributed by atoms with van der Waals surface area (Å²) in [7, 11) is -3.27. The van der Waals surface area contributed by atoms with Crippen molar-refractivity contribution in [1.82, 2.24) is 4.31 Å². The highest BCUT2D eigenvalue weighted by Crippen LogP contribution is 2.31. The Labute approximate surface area is 89.9 Å². The van der Waals surface area contributed by atoms with Crippen LogP contribution >= 0.6 is 11.6 Å². The lowest BCUT2D eigenvalue weighted by Crippen LogP contribution is -2.32. The van der Waals surface area contributed by atoms with Gasteiger partial charge in [0.15, 0.2) is 0 Å². The number of sulfonamides is 1. The quantitative estimate of drug-likeness (QED) is 0.721. The largest absolute Gasteiger partial charge is 0.391 e. The highest BCUT2D eigenvalue weighted by molar-refractivity contribution is 7.89. The smallest absolute Gasteiger partial charge is 0.215 e. The molecule has 0 saturated carbocycles. The van der Waals surface area contributed by atoms with Gasteiger partial charge >= 0.3 is 0 Å². The molecule has 0 aromatic carbocycles. The van der Waals surface area contributed by atoms with Crippen LogP contribution in [0.2, 0.25) is 0 Å². The second-order valence-electron chi connectivity index (χ2n) is 4.30. The number of rotatable bonds is 3. The zero-order chi connectivity index (χ0) is 11.0. The Kier molecular flexibility index (Phi) is 3.46. The molecule has 6 heteroatoms. The minimum atomic E-state index is -3.27. The Bertz CT molecular complexity index is 302. The van der Waals surface area contributed by atoms with E-state index in [1.54, 1.807) is 0 Å². The first-order valence-electron chi connectivity index (χ1n) is 4.51. The van der Waals surface area contributed by atoms with Crippen molar-refractivity contribution in [1.29, 1.82) is 0 Å². The Morgan fingerprint density at radius 1 is 1.57 bits per heavy atom. The van der Waals surface area contributed by atoms with E-state index in [0.29, 0.717) is 6.54 Å². The van der Waals surface area contributed by atoms with Gasteiger partial charge in [-0.25, -0.2) is 8.42 Å². The van der Waals surface area contributed by atoms with Gasteiger partial charge in [0.1, 0.15) is 0 Å². The van der Waals surface area contributed by atoms with E-state index in [2.05, 4.69) is 0 Å². The van der Waals surface area contributed by atoms with Gasteiger partial charge in [-0.2, -0.15) is 4.31 Å². The van der Waals surface area contributed by atoms with Crippen LogP contribution in [-0.2, 0) is 10.0 Å². The van der Waals surface area contributed by atoms with Crippen molar-refractivity contribution >= 4 is 21.6 Å². The fraction of sp³-hybridized carbons (Fsp3) is 1.00. The summed E-state index contributed by atoms with van der Waals surface area (Å²) in [6, 6.07) is 0. The lowest BCUT2D eigenvalue weighted by atomic mass is 9.90. The van der Waals surface area contributed by atoms with Crippen molar-refractivity contribution in [2.24, 2.45) is 5.41 Å². The first kappa shape index (κ1) is 12.2. The SMILES string of the molecule is CC1(C)CN(S(=O)(=O)CCCl)CC1O. The van der Waals surface area contributed by atoms with Crippen molar-refractivity contribution in [3.8, 4) is 0 Å². The van der Waals surface area contributed by atoms with E-state index >= 15 is 0 Å². The maximum Gasteiger partial charge on any atom is 0.215 e. The van der Waals surface area contributed by atoms with Crippen molar-refractivity contribution in [2.75, 3.05) is 24.7 Å². The van der Waals surface area contributed by atoms with E-state index < -0.39 is 16.1 Å². The van der Waals surface area contributed by atoms with Crippen LogP contribution in [0.4, 0.5) is 0 Å². The Morgan fingerprint density at radius 2 is 2.14 bits per heavy atom. The third-order valence-corrected chi connectivity index (χ3v) is 4.79. The molecule has 0 aromatic rings. The molecule has 1 N–H and O–H groups in total. The molecule has 0 radical (unpaired) electrons. The third-order valence-electron chi connectivity index (χ3n) is 2.59. The molecule has 1 aliphatic rings. The molecule has 1 aliphatic heterocycles. The summed E-state index contributed by atoms with van der Waals surface area (Å²) in [5, 5.41) is 9.62. The summed E-state index contributed by atoms with van der Waals surface area (Å²) in [5.74, 6) is 0.0344. The minimum absolute atomic E-state index is 0.0582. The first-order chi connectivity index (χ1) is 6.29. The number of β-amino-alcohol motifs (C(OH)–C–C–N with tert-alkyl or cyclic N) is 1. The molecule has 14 heavy (non-hydrogen) atoms. The molecular weight excluding hydrogens is 226 g/mol. The number of alkyl halides is 1. The fourth-order valence-electron chi connectivity index (χ4n) is 1.50. The summed E-state index contributed by atoms with van der Waals surface area (Å²) in [6.07, 6.45) is -0.590. The normalized spacial score (nSPS) is 28.1. The molecule has 1 rings (SSSR count). The molecule has 1 saturated heterocycles. The highest BCUT2D eigenvalue weighted by Gasteiger charge is 2.42. The summed E-state index contributed by atoms with van der Waals surface area (Å²) in [5.41, 5.74) is -0.362. The Morgan fingerprint density at radius 3 is 2.50 bits per heavy atom. The maximum atomic E-state index is 11.6. The topological polar surface area (TPSA) is 57.6 Å². The molecule has 1 unspecified atom stereocenters. The number of halogens is 1. The number of hydrogen-bond acceptors (Lipinski definition) is 3.